The molecule has 2 rings (SSSR count). The van der Waals surface area contributed by atoms with Crippen molar-refractivity contribution in [3.63, 3.8) is 0 Å². The molecule has 0 saturated heterocycles. The quantitative estimate of drug-likeness (QED) is 0.746. The summed E-state index contributed by atoms with van der Waals surface area (Å²) in [7, 11) is 4.18. The Hall–Kier alpha value is -1.40. The second-order valence-corrected chi connectivity index (χ2v) is 6.60. The molecule has 0 aliphatic rings. The lowest BCUT2D eigenvalue weighted by atomic mass is 10.1. The molecule has 0 aliphatic carbocycles. The molecule has 3 nitrogen and oxygen atoms in total. The van der Waals surface area contributed by atoms with Gasteiger partial charge >= 0.3 is 0 Å². The van der Waals surface area contributed by atoms with Gasteiger partial charge in [0.25, 0.3) is 5.91 Å². The highest BCUT2D eigenvalue weighted by Crippen LogP contribution is 2.13. The minimum absolute atomic E-state index is 0.0153. The average Bonchev–Trinajstić information content (AvgIpc) is 2.47. The molecule has 2 aromatic carbocycles. The first-order valence-corrected chi connectivity index (χ1v) is 8.04. The summed E-state index contributed by atoms with van der Waals surface area (Å²) in [6, 6.07) is 17.8. The van der Waals surface area contributed by atoms with Crippen molar-refractivity contribution in [2.45, 2.75) is 6.04 Å². The van der Waals surface area contributed by atoms with Crippen LogP contribution in [0.2, 0.25) is 0 Å². The largest absolute Gasteiger partial charge is 0.340 e. The summed E-state index contributed by atoms with van der Waals surface area (Å²) < 4.78 is 1.06. The van der Waals surface area contributed by atoms with Crippen molar-refractivity contribution >= 4 is 28.5 Å². The van der Waals surface area contributed by atoms with Crippen LogP contribution in [0.3, 0.4) is 0 Å². The number of hydrogen-bond acceptors (Lipinski definition) is 1. The Balaban J connectivity index is 2.17. The van der Waals surface area contributed by atoms with E-state index in [4.69, 9.17) is 0 Å². The maximum atomic E-state index is 12.4. The Morgan fingerprint density at radius 1 is 1.14 bits per heavy atom. The van der Waals surface area contributed by atoms with Gasteiger partial charge in [-0.05, 0) is 46.4 Å². The summed E-state index contributed by atoms with van der Waals surface area (Å²) >= 11 is 2.22. The third-order valence-corrected chi connectivity index (χ3v) is 3.88. The molecule has 4 heteroatoms. The normalized spacial score (nSPS) is 12.2. The van der Waals surface area contributed by atoms with Crippen molar-refractivity contribution in [1.29, 1.82) is 0 Å². The van der Waals surface area contributed by atoms with E-state index >= 15 is 0 Å². The lowest BCUT2D eigenvalue weighted by Gasteiger charge is -2.21. The lowest BCUT2D eigenvalue weighted by molar-refractivity contribution is -0.860. The van der Waals surface area contributed by atoms with Crippen LogP contribution in [0, 0.1) is 3.57 Å². The van der Waals surface area contributed by atoms with Crippen molar-refractivity contribution in [2.24, 2.45) is 0 Å². The summed E-state index contributed by atoms with van der Waals surface area (Å²) in [4.78, 5) is 13.7. The van der Waals surface area contributed by atoms with Gasteiger partial charge in [-0.3, -0.25) is 4.79 Å². The fourth-order valence-corrected chi connectivity index (χ4v) is 2.76. The number of halogens is 1. The van der Waals surface area contributed by atoms with Gasteiger partial charge in [-0.2, -0.15) is 0 Å². The van der Waals surface area contributed by atoms with Gasteiger partial charge in [0.2, 0.25) is 0 Å². The molecule has 0 unspecified atom stereocenters. The van der Waals surface area contributed by atoms with Crippen molar-refractivity contribution in [1.82, 2.24) is 5.32 Å². The molecule has 110 valence electrons. The number of likely N-dealkylation sites (N-methyl/N-ethyl adjacent to an activating group) is 1. The Bertz CT molecular complexity index is 599. The smallest absolute Gasteiger partial charge is 0.251 e. The molecule has 0 fully saturated rings. The topological polar surface area (TPSA) is 33.5 Å². The molecule has 2 aromatic rings. The van der Waals surface area contributed by atoms with E-state index in [1.54, 1.807) is 0 Å². The number of hydrogen-bond donors (Lipinski definition) is 2. The van der Waals surface area contributed by atoms with Crippen LogP contribution in [0.4, 0.5) is 0 Å². The third kappa shape index (κ3) is 4.82. The third-order valence-electron chi connectivity index (χ3n) is 3.21. The fourth-order valence-electron chi connectivity index (χ4n) is 2.22. The maximum absolute atomic E-state index is 12.4. The van der Waals surface area contributed by atoms with Crippen LogP contribution >= 0.6 is 22.6 Å². The minimum Gasteiger partial charge on any atom is -0.340 e. The first-order valence-electron chi connectivity index (χ1n) is 6.96. The number of rotatable bonds is 5. The van der Waals surface area contributed by atoms with Crippen molar-refractivity contribution in [3.8, 4) is 0 Å². The molecule has 0 bridgehead atoms. The molecule has 0 saturated carbocycles. The summed E-state index contributed by atoms with van der Waals surface area (Å²) in [6.45, 7) is 0.847. The van der Waals surface area contributed by atoms with E-state index in [2.05, 4.69) is 54.1 Å². The van der Waals surface area contributed by atoms with Crippen LogP contribution in [0.5, 0.6) is 0 Å². The van der Waals surface area contributed by atoms with E-state index in [0.717, 1.165) is 15.7 Å². The molecule has 0 aromatic heterocycles. The van der Waals surface area contributed by atoms with Crippen LogP contribution in [0.15, 0.2) is 54.6 Å². The van der Waals surface area contributed by atoms with E-state index in [0.29, 0.717) is 5.56 Å². The highest BCUT2D eigenvalue weighted by atomic mass is 127. The summed E-state index contributed by atoms with van der Waals surface area (Å²) in [6.07, 6.45) is 0. The van der Waals surface area contributed by atoms with Crippen molar-refractivity contribution in [2.75, 3.05) is 20.6 Å². The van der Waals surface area contributed by atoms with E-state index in [9.17, 15) is 4.79 Å². The highest BCUT2D eigenvalue weighted by molar-refractivity contribution is 14.1. The van der Waals surface area contributed by atoms with Gasteiger partial charge in [0, 0.05) is 9.13 Å². The highest BCUT2D eigenvalue weighted by Gasteiger charge is 2.18. The standard InChI is InChI=1S/C17H19IN2O/c1-20(2)12-16(13-7-4-3-5-8-13)19-17(21)14-9-6-10-15(18)11-14/h3-11,16H,12H2,1-2H3,(H,19,21)/p+1/t16-/m0/s1. The molecule has 21 heavy (non-hydrogen) atoms. The zero-order valence-corrected chi connectivity index (χ0v) is 14.4. The van der Waals surface area contributed by atoms with Gasteiger partial charge in [0.05, 0.1) is 14.1 Å². The van der Waals surface area contributed by atoms with E-state index in [-0.39, 0.29) is 11.9 Å². The first kappa shape index (κ1) is 16.0. The molecule has 0 aliphatic heterocycles. The maximum Gasteiger partial charge on any atom is 0.251 e. The Morgan fingerprint density at radius 2 is 1.86 bits per heavy atom. The van der Waals surface area contributed by atoms with Gasteiger partial charge in [0.1, 0.15) is 12.6 Å². The predicted octanol–water partition coefficient (Wildman–Crippen LogP) is 1.91. The number of amides is 1. The molecule has 0 heterocycles. The number of nitrogens with one attached hydrogen (secondary N) is 2. The molecular weight excluding hydrogens is 375 g/mol. The lowest BCUT2D eigenvalue weighted by Crippen LogP contribution is -3.06. The zero-order valence-electron chi connectivity index (χ0n) is 12.3. The summed E-state index contributed by atoms with van der Waals surface area (Å²) in [5.41, 5.74) is 1.84. The first-order chi connectivity index (χ1) is 10.1. The van der Waals surface area contributed by atoms with Gasteiger partial charge < -0.3 is 10.2 Å². The summed E-state index contributed by atoms with van der Waals surface area (Å²) in [5, 5.41) is 3.15. The van der Waals surface area contributed by atoms with Crippen LogP contribution < -0.4 is 10.2 Å². The van der Waals surface area contributed by atoms with E-state index < -0.39 is 0 Å². The average molecular weight is 395 g/mol. The van der Waals surface area contributed by atoms with E-state index in [1.807, 2.05) is 42.5 Å². The number of carbonyl (C=O) groups excluding carboxylic acids is 1. The Kier molecular flexibility index (Phi) is 5.76. The van der Waals surface area contributed by atoms with E-state index in [1.165, 1.54) is 4.90 Å². The molecule has 1 atom stereocenters. The van der Waals surface area contributed by atoms with Crippen LogP contribution in [-0.4, -0.2) is 26.5 Å². The van der Waals surface area contributed by atoms with Crippen LogP contribution in [-0.2, 0) is 0 Å². The minimum atomic E-state index is -0.0244. The molecular formula is C17H20IN2O+. The van der Waals surface area contributed by atoms with Gasteiger partial charge in [0.15, 0.2) is 0 Å². The second kappa shape index (κ2) is 7.56. The SMILES string of the molecule is C[NH+](C)C[C@H](NC(=O)c1cccc(I)c1)c1ccccc1. The zero-order chi connectivity index (χ0) is 15.2. The van der Waals surface area contributed by atoms with Crippen molar-refractivity contribution in [3.05, 3.63) is 69.3 Å². The predicted molar refractivity (Wildman–Crippen MR) is 93.5 cm³/mol. The number of quaternary nitrogens is 1. The number of carbonyl (C=O) groups is 1. The fraction of sp³-hybridized carbons (Fsp3) is 0.235. The molecule has 2 N–H and O–H groups in total. The van der Waals surface area contributed by atoms with Gasteiger partial charge in [-0.25, -0.2) is 0 Å². The van der Waals surface area contributed by atoms with Crippen molar-refractivity contribution < 1.29 is 9.69 Å². The summed E-state index contributed by atoms with van der Waals surface area (Å²) in [5.74, 6) is -0.0244. The van der Waals surface area contributed by atoms with Gasteiger partial charge in [-0.1, -0.05) is 36.4 Å². The van der Waals surface area contributed by atoms with Gasteiger partial charge in [-0.15, -0.1) is 0 Å². The molecule has 0 radical (unpaired) electrons. The molecule has 0 spiro atoms. The van der Waals surface area contributed by atoms with Crippen LogP contribution in [0.1, 0.15) is 22.0 Å². The Labute approximate surface area is 139 Å². The van der Waals surface area contributed by atoms with Crippen LogP contribution in [0.25, 0.3) is 0 Å². The molecule has 1 amide bonds. The number of benzene rings is 2. The monoisotopic (exact) mass is 395 g/mol. The second-order valence-electron chi connectivity index (χ2n) is 5.36. The Morgan fingerprint density at radius 3 is 2.48 bits per heavy atom.